The molecule has 0 aromatic heterocycles. The lowest BCUT2D eigenvalue weighted by Crippen LogP contribution is -2.32. The van der Waals surface area contributed by atoms with E-state index in [1.165, 1.54) is 11.8 Å². The van der Waals surface area contributed by atoms with Crippen molar-refractivity contribution in [1.82, 2.24) is 4.90 Å². The summed E-state index contributed by atoms with van der Waals surface area (Å²) < 4.78 is 5.15. The maximum atomic E-state index is 12.3. The molecule has 4 nitrogen and oxygen atoms in total. The van der Waals surface area contributed by atoms with Crippen molar-refractivity contribution in [2.24, 2.45) is 4.99 Å². The number of methoxy groups -OCH3 is 1. The number of carbonyl (C=O) groups is 1. The first-order chi connectivity index (χ1) is 9.12. The van der Waals surface area contributed by atoms with E-state index in [2.05, 4.69) is 4.99 Å². The molecular weight excluding hydrogens is 260 g/mol. The van der Waals surface area contributed by atoms with Gasteiger partial charge in [0.15, 0.2) is 5.17 Å². The van der Waals surface area contributed by atoms with Crippen molar-refractivity contribution in [2.75, 3.05) is 20.4 Å². The highest BCUT2D eigenvalue weighted by atomic mass is 32.2. The zero-order valence-corrected chi connectivity index (χ0v) is 12.0. The minimum absolute atomic E-state index is 0.123. The van der Waals surface area contributed by atoms with Gasteiger partial charge in [-0.05, 0) is 30.4 Å². The molecule has 1 heterocycles. The van der Waals surface area contributed by atoms with Gasteiger partial charge in [-0.3, -0.25) is 9.69 Å². The average Bonchev–Trinajstić information content (AvgIpc) is 3.13. The third-order valence-electron chi connectivity index (χ3n) is 3.89. The van der Waals surface area contributed by atoms with Crippen LogP contribution < -0.4 is 4.74 Å². The largest absolute Gasteiger partial charge is 0.497 e. The second-order valence-corrected chi connectivity index (χ2v) is 5.69. The highest BCUT2D eigenvalue weighted by Crippen LogP contribution is 2.58. The first kappa shape index (κ1) is 12.5. The van der Waals surface area contributed by atoms with Crippen molar-refractivity contribution in [1.29, 1.82) is 0 Å². The molecule has 1 saturated carbocycles. The zero-order valence-electron chi connectivity index (χ0n) is 11.2. The molecule has 1 unspecified atom stereocenters. The van der Waals surface area contributed by atoms with Gasteiger partial charge >= 0.3 is 0 Å². The number of ether oxygens (including phenoxy) is 1. The van der Waals surface area contributed by atoms with E-state index in [1.54, 1.807) is 19.1 Å². The van der Waals surface area contributed by atoms with Crippen LogP contribution in [0.2, 0.25) is 0 Å². The van der Waals surface area contributed by atoms with E-state index in [0.717, 1.165) is 22.9 Å². The topological polar surface area (TPSA) is 41.9 Å². The molecule has 5 heteroatoms. The molecular formula is C14H16N2O2S. The number of aliphatic imine (C=N–C) groups is 1. The Morgan fingerprint density at radius 1 is 1.42 bits per heavy atom. The van der Waals surface area contributed by atoms with Crippen LogP contribution in [0.15, 0.2) is 29.3 Å². The lowest BCUT2D eigenvalue weighted by atomic mass is 10.1. The SMILES string of the molecule is COc1ccc([C@H]2CC23N=C(SC)N(C)C3=O)cc1. The Kier molecular flexibility index (Phi) is 2.82. The Morgan fingerprint density at radius 3 is 2.63 bits per heavy atom. The van der Waals surface area contributed by atoms with E-state index in [1.807, 2.05) is 30.5 Å². The molecule has 0 bridgehead atoms. The van der Waals surface area contributed by atoms with Gasteiger partial charge in [0.25, 0.3) is 5.91 Å². The van der Waals surface area contributed by atoms with Gasteiger partial charge in [-0.1, -0.05) is 23.9 Å². The van der Waals surface area contributed by atoms with Crippen LogP contribution in [0, 0.1) is 0 Å². The lowest BCUT2D eigenvalue weighted by molar-refractivity contribution is -0.127. The van der Waals surface area contributed by atoms with Crippen molar-refractivity contribution in [3.63, 3.8) is 0 Å². The summed E-state index contributed by atoms with van der Waals surface area (Å²) in [5.41, 5.74) is 0.635. The summed E-state index contributed by atoms with van der Waals surface area (Å²) in [5.74, 6) is 1.16. The summed E-state index contributed by atoms with van der Waals surface area (Å²) in [4.78, 5) is 18.7. The summed E-state index contributed by atoms with van der Waals surface area (Å²) in [6.07, 6.45) is 2.76. The summed E-state index contributed by atoms with van der Waals surface area (Å²) >= 11 is 1.52. The van der Waals surface area contributed by atoms with Crippen LogP contribution in [0.5, 0.6) is 5.75 Å². The number of nitrogens with zero attached hydrogens (tertiary/aromatic N) is 2. The fourth-order valence-electron chi connectivity index (χ4n) is 2.70. The summed E-state index contributed by atoms with van der Waals surface area (Å²) in [7, 11) is 3.45. The molecule has 1 aromatic rings. The number of rotatable bonds is 2. The van der Waals surface area contributed by atoms with Crippen molar-refractivity contribution in [3.05, 3.63) is 29.8 Å². The average molecular weight is 276 g/mol. The first-order valence-electron chi connectivity index (χ1n) is 6.18. The van der Waals surface area contributed by atoms with Gasteiger partial charge in [0.1, 0.15) is 11.3 Å². The molecule has 1 aliphatic heterocycles. The second kappa shape index (κ2) is 4.27. The van der Waals surface area contributed by atoms with E-state index in [-0.39, 0.29) is 11.8 Å². The quantitative estimate of drug-likeness (QED) is 0.831. The summed E-state index contributed by atoms with van der Waals surface area (Å²) in [6.45, 7) is 0. The maximum Gasteiger partial charge on any atom is 0.256 e. The minimum Gasteiger partial charge on any atom is -0.497 e. The minimum atomic E-state index is -0.526. The lowest BCUT2D eigenvalue weighted by Gasteiger charge is -2.11. The molecule has 1 aromatic carbocycles. The number of carbonyl (C=O) groups excluding carboxylic acids is 1. The predicted molar refractivity (Wildman–Crippen MR) is 76.8 cm³/mol. The molecule has 1 fully saturated rings. The number of amides is 1. The Labute approximate surface area is 116 Å². The summed E-state index contributed by atoms with van der Waals surface area (Å²) in [5, 5.41) is 0.820. The number of likely N-dealkylation sites (N-methyl/N-ethyl adjacent to an activating group) is 1. The number of hydrogen-bond acceptors (Lipinski definition) is 4. The third kappa shape index (κ3) is 1.75. The Morgan fingerprint density at radius 2 is 2.11 bits per heavy atom. The zero-order chi connectivity index (χ0) is 13.6. The Hall–Kier alpha value is -1.49. The Balaban J connectivity index is 1.87. The molecule has 2 atom stereocenters. The van der Waals surface area contributed by atoms with Crippen LogP contribution in [-0.2, 0) is 4.79 Å². The second-order valence-electron chi connectivity index (χ2n) is 4.92. The van der Waals surface area contributed by atoms with Crippen LogP contribution in [0.4, 0.5) is 0 Å². The Bertz CT molecular complexity index is 555. The van der Waals surface area contributed by atoms with Crippen LogP contribution >= 0.6 is 11.8 Å². The molecule has 100 valence electrons. The molecule has 19 heavy (non-hydrogen) atoms. The normalized spacial score (nSPS) is 28.8. The van der Waals surface area contributed by atoms with Crippen molar-refractivity contribution < 1.29 is 9.53 Å². The van der Waals surface area contributed by atoms with Crippen LogP contribution in [0.1, 0.15) is 17.9 Å². The molecule has 2 aliphatic rings. The molecule has 1 aliphatic carbocycles. The van der Waals surface area contributed by atoms with Gasteiger partial charge in [-0.25, -0.2) is 4.99 Å². The fourth-order valence-corrected chi connectivity index (χ4v) is 3.31. The number of hydrogen-bond donors (Lipinski definition) is 0. The van der Waals surface area contributed by atoms with Gasteiger partial charge in [0, 0.05) is 13.0 Å². The standard InChI is InChI=1S/C14H16N2O2S/c1-16-12(17)14(15-13(16)19-3)8-11(14)9-4-6-10(18-2)7-5-9/h4-7,11H,8H2,1-3H3/t11-,14?/m1/s1. The van der Waals surface area contributed by atoms with E-state index in [9.17, 15) is 4.79 Å². The smallest absolute Gasteiger partial charge is 0.256 e. The number of thioether (sulfide) groups is 1. The molecule has 0 radical (unpaired) electrons. The van der Waals surface area contributed by atoms with Crippen LogP contribution in [-0.4, -0.2) is 41.9 Å². The summed E-state index contributed by atoms with van der Waals surface area (Å²) in [6, 6.07) is 7.92. The van der Waals surface area contributed by atoms with E-state index in [4.69, 9.17) is 4.74 Å². The molecule has 0 N–H and O–H groups in total. The van der Waals surface area contributed by atoms with Gasteiger partial charge in [0.05, 0.1) is 7.11 Å². The highest BCUT2D eigenvalue weighted by Gasteiger charge is 2.65. The third-order valence-corrected chi connectivity index (χ3v) is 4.62. The van der Waals surface area contributed by atoms with E-state index in [0.29, 0.717) is 0 Å². The molecule has 1 spiro atoms. The van der Waals surface area contributed by atoms with Crippen molar-refractivity contribution >= 4 is 22.8 Å². The molecule has 1 amide bonds. The maximum absolute atomic E-state index is 12.3. The van der Waals surface area contributed by atoms with Gasteiger partial charge in [-0.2, -0.15) is 0 Å². The predicted octanol–water partition coefficient (Wildman–Crippen LogP) is 2.11. The first-order valence-corrected chi connectivity index (χ1v) is 7.41. The van der Waals surface area contributed by atoms with E-state index >= 15 is 0 Å². The number of benzene rings is 1. The molecule has 0 saturated heterocycles. The van der Waals surface area contributed by atoms with Crippen LogP contribution in [0.3, 0.4) is 0 Å². The van der Waals surface area contributed by atoms with E-state index < -0.39 is 5.54 Å². The highest BCUT2D eigenvalue weighted by molar-refractivity contribution is 8.13. The molecule has 3 rings (SSSR count). The van der Waals surface area contributed by atoms with Crippen molar-refractivity contribution in [3.8, 4) is 5.75 Å². The van der Waals surface area contributed by atoms with Gasteiger partial charge in [-0.15, -0.1) is 0 Å². The van der Waals surface area contributed by atoms with Gasteiger partial charge in [0.2, 0.25) is 0 Å². The van der Waals surface area contributed by atoms with Gasteiger partial charge < -0.3 is 4.74 Å². The fraction of sp³-hybridized carbons (Fsp3) is 0.429. The monoisotopic (exact) mass is 276 g/mol. The number of amidine groups is 1. The van der Waals surface area contributed by atoms with Crippen LogP contribution in [0.25, 0.3) is 0 Å². The van der Waals surface area contributed by atoms with Crippen molar-refractivity contribution in [2.45, 2.75) is 17.9 Å².